The van der Waals surface area contributed by atoms with E-state index in [9.17, 15) is 14.7 Å². The molecule has 1 saturated heterocycles. The molecule has 2 aromatic rings. The van der Waals surface area contributed by atoms with Gasteiger partial charge in [-0.1, -0.05) is 20.8 Å². The van der Waals surface area contributed by atoms with Crippen LogP contribution in [0.3, 0.4) is 0 Å². The number of fused-ring (bicyclic) bond motifs is 2. The van der Waals surface area contributed by atoms with Gasteiger partial charge in [0.2, 0.25) is 5.91 Å². The summed E-state index contributed by atoms with van der Waals surface area (Å²) in [4.78, 5) is 36.5. The monoisotopic (exact) mass is 540 g/mol. The van der Waals surface area contributed by atoms with Gasteiger partial charge in [0.25, 0.3) is 5.91 Å². The molecule has 5 rings (SSSR count). The third kappa shape index (κ3) is 4.96. The van der Waals surface area contributed by atoms with Crippen molar-refractivity contribution in [3.63, 3.8) is 0 Å². The van der Waals surface area contributed by atoms with Crippen LogP contribution in [0.1, 0.15) is 60.5 Å². The maximum absolute atomic E-state index is 13.4. The van der Waals surface area contributed by atoms with E-state index in [2.05, 4.69) is 31.1 Å². The predicted molar refractivity (Wildman–Crippen MR) is 149 cm³/mol. The third-order valence-corrected chi connectivity index (χ3v) is 10.3. The van der Waals surface area contributed by atoms with Crippen molar-refractivity contribution in [2.75, 3.05) is 45.7 Å². The summed E-state index contributed by atoms with van der Waals surface area (Å²) in [5.41, 5.74) is 1.45. The number of hydrogen-bond donors (Lipinski definition) is 2. The number of anilines is 1. The number of methoxy groups -OCH3 is 1. The number of likely N-dealkylation sites (N-methyl/N-ethyl adjacent to an activating group) is 1. The second kappa shape index (κ2) is 10.6. The number of amides is 2. The predicted octanol–water partition coefficient (Wildman–Crippen LogP) is 3.87. The summed E-state index contributed by atoms with van der Waals surface area (Å²) in [6, 6.07) is 7.01. The molecule has 9 heteroatoms. The van der Waals surface area contributed by atoms with E-state index < -0.39 is 6.10 Å². The Hall–Kier alpha value is -2.49. The normalized spacial score (nSPS) is 30.2. The van der Waals surface area contributed by atoms with Crippen LogP contribution in [0.4, 0.5) is 5.13 Å². The van der Waals surface area contributed by atoms with E-state index >= 15 is 0 Å². The number of rotatable bonds is 5. The highest BCUT2D eigenvalue weighted by Crippen LogP contribution is 2.57. The second-order valence-corrected chi connectivity index (χ2v) is 12.8. The molecule has 6 atom stereocenters. The summed E-state index contributed by atoms with van der Waals surface area (Å²) in [5, 5.41) is 15.3. The van der Waals surface area contributed by atoms with Crippen molar-refractivity contribution in [3.8, 4) is 5.75 Å². The van der Waals surface area contributed by atoms with Crippen molar-refractivity contribution in [1.29, 1.82) is 0 Å². The second-order valence-electron chi connectivity index (χ2n) is 11.8. The van der Waals surface area contributed by atoms with Crippen molar-refractivity contribution in [3.05, 3.63) is 40.4 Å². The standard InChI is InChI=1S/C29H40N4O4S/c1-17(27(36)33-14-12-32(4)13-15-33)21-10-11-29(3)16-22-24(18(2)23(29)25(21)34)30-28(38-22)31-26(35)19-6-8-20(37-5)9-7-19/h6-9,17-18,21,23,25,34H,10-16H2,1-5H3,(H,30,31,35)/t17-,18-,21-,23+,25-,29-/m0/s1. The van der Waals surface area contributed by atoms with E-state index in [-0.39, 0.29) is 40.9 Å². The smallest absolute Gasteiger partial charge is 0.257 e. The first-order chi connectivity index (χ1) is 18.1. The topological polar surface area (TPSA) is 95.0 Å². The van der Waals surface area contributed by atoms with Gasteiger partial charge in [-0.3, -0.25) is 14.9 Å². The molecule has 2 amide bonds. The Balaban J connectivity index is 1.31. The van der Waals surface area contributed by atoms with E-state index in [4.69, 9.17) is 9.72 Å². The number of thiazole rings is 1. The van der Waals surface area contributed by atoms with Gasteiger partial charge in [0, 0.05) is 48.5 Å². The van der Waals surface area contributed by atoms with Crippen molar-refractivity contribution in [2.24, 2.45) is 23.2 Å². The number of benzene rings is 1. The van der Waals surface area contributed by atoms with E-state index in [1.807, 2.05) is 11.8 Å². The van der Waals surface area contributed by atoms with Gasteiger partial charge in [-0.05, 0) is 67.8 Å². The average molecular weight is 541 g/mol. The molecule has 2 fully saturated rings. The number of aromatic nitrogens is 1. The number of nitrogens with zero attached hydrogens (tertiary/aromatic N) is 3. The summed E-state index contributed by atoms with van der Waals surface area (Å²) < 4.78 is 5.18. The van der Waals surface area contributed by atoms with Gasteiger partial charge in [-0.15, -0.1) is 11.3 Å². The van der Waals surface area contributed by atoms with Crippen LogP contribution in [0, 0.1) is 23.2 Å². The fourth-order valence-corrected chi connectivity index (χ4v) is 8.27. The Morgan fingerprint density at radius 1 is 1.21 bits per heavy atom. The minimum atomic E-state index is -0.567. The van der Waals surface area contributed by atoms with E-state index in [1.54, 1.807) is 42.7 Å². The van der Waals surface area contributed by atoms with Gasteiger partial charge in [0.05, 0.1) is 18.9 Å². The number of hydrogen-bond acceptors (Lipinski definition) is 7. The summed E-state index contributed by atoms with van der Waals surface area (Å²) in [6.07, 6.45) is 2.08. The number of piperazine rings is 1. The Morgan fingerprint density at radius 3 is 2.55 bits per heavy atom. The average Bonchev–Trinajstić information content (AvgIpc) is 3.30. The molecule has 0 unspecified atom stereocenters. The molecule has 8 nitrogen and oxygen atoms in total. The molecule has 3 aliphatic rings. The maximum atomic E-state index is 13.4. The summed E-state index contributed by atoms with van der Waals surface area (Å²) in [5.74, 6) is 0.461. The Kier molecular flexibility index (Phi) is 7.55. The fourth-order valence-electron chi connectivity index (χ4n) is 7.01. The first-order valence-corrected chi connectivity index (χ1v) is 14.5. The number of carbonyl (C=O) groups is 2. The van der Waals surface area contributed by atoms with Gasteiger partial charge in [-0.2, -0.15) is 0 Å². The van der Waals surface area contributed by atoms with Gasteiger partial charge >= 0.3 is 0 Å². The van der Waals surface area contributed by atoms with Crippen LogP contribution in [0.25, 0.3) is 0 Å². The quantitative estimate of drug-likeness (QED) is 0.598. The summed E-state index contributed by atoms with van der Waals surface area (Å²) in [7, 11) is 3.68. The Labute approximate surface area is 229 Å². The zero-order valence-electron chi connectivity index (χ0n) is 23.1. The molecule has 0 spiro atoms. The van der Waals surface area contributed by atoms with Crippen LogP contribution < -0.4 is 10.1 Å². The SMILES string of the molecule is COc1ccc(C(=O)Nc2nc3c(s2)C[C@]2(C)CC[C@@H]([C@H](C)C(=O)N4CCN(C)CC4)[C@H](O)[C@H]2[C@@H]3C)cc1. The van der Waals surface area contributed by atoms with Crippen molar-refractivity contribution < 1.29 is 19.4 Å². The summed E-state index contributed by atoms with van der Waals surface area (Å²) in [6.45, 7) is 9.74. The zero-order valence-corrected chi connectivity index (χ0v) is 23.9. The van der Waals surface area contributed by atoms with Gasteiger partial charge in [-0.25, -0.2) is 4.98 Å². The molecule has 1 aromatic heterocycles. The molecule has 38 heavy (non-hydrogen) atoms. The molecule has 2 aliphatic carbocycles. The van der Waals surface area contributed by atoms with Crippen LogP contribution in [0.5, 0.6) is 5.75 Å². The van der Waals surface area contributed by atoms with Crippen LogP contribution in [0.2, 0.25) is 0 Å². The highest BCUT2D eigenvalue weighted by Gasteiger charge is 2.54. The minimum Gasteiger partial charge on any atom is -0.497 e. The lowest BCUT2D eigenvalue weighted by Crippen LogP contribution is -2.55. The molecule has 0 bridgehead atoms. The first-order valence-electron chi connectivity index (χ1n) is 13.7. The van der Waals surface area contributed by atoms with Crippen molar-refractivity contribution >= 4 is 28.3 Å². The summed E-state index contributed by atoms with van der Waals surface area (Å²) >= 11 is 1.54. The van der Waals surface area contributed by atoms with Crippen molar-refractivity contribution in [2.45, 2.75) is 52.1 Å². The Bertz CT molecular complexity index is 1180. The van der Waals surface area contributed by atoms with E-state index in [0.717, 1.165) is 51.1 Å². The lowest BCUT2D eigenvalue weighted by atomic mass is 9.53. The maximum Gasteiger partial charge on any atom is 0.257 e. The number of ether oxygens (including phenoxy) is 1. The highest BCUT2D eigenvalue weighted by atomic mass is 32.1. The number of aliphatic hydroxyl groups excluding tert-OH is 1. The van der Waals surface area contributed by atoms with Crippen LogP contribution in [-0.2, 0) is 11.2 Å². The molecule has 1 saturated carbocycles. The molecule has 2 N–H and O–H groups in total. The molecule has 2 heterocycles. The van der Waals surface area contributed by atoms with Gasteiger partial charge in [0.15, 0.2) is 5.13 Å². The minimum absolute atomic E-state index is 0.0173. The first kappa shape index (κ1) is 27.1. The molecule has 206 valence electrons. The molecular weight excluding hydrogens is 500 g/mol. The van der Waals surface area contributed by atoms with E-state index in [0.29, 0.717) is 16.4 Å². The molecular formula is C29H40N4O4S. The fraction of sp³-hybridized carbons (Fsp3) is 0.621. The molecule has 1 aromatic carbocycles. The van der Waals surface area contributed by atoms with Crippen LogP contribution in [-0.4, -0.2) is 78.1 Å². The lowest BCUT2D eigenvalue weighted by Gasteiger charge is -2.53. The van der Waals surface area contributed by atoms with Gasteiger partial charge < -0.3 is 19.6 Å². The number of nitrogens with one attached hydrogen (secondary N) is 1. The van der Waals surface area contributed by atoms with E-state index in [1.165, 1.54) is 4.88 Å². The van der Waals surface area contributed by atoms with Crippen LogP contribution >= 0.6 is 11.3 Å². The lowest BCUT2D eigenvalue weighted by molar-refractivity contribution is -0.146. The third-order valence-electron chi connectivity index (χ3n) is 9.34. The van der Waals surface area contributed by atoms with Crippen molar-refractivity contribution in [1.82, 2.24) is 14.8 Å². The van der Waals surface area contributed by atoms with Gasteiger partial charge in [0.1, 0.15) is 5.75 Å². The Morgan fingerprint density at radius 2 is 1.89 bits per heavy atom. The van der Waals surface area contributed by atoms with Crippen LogP contribution in [0.15, 0.2) is 24.3 Å². The number of carbonyl (C=O) groups excluding carboxylic acids is 2. The molecule has 1 aliphatic heterocycles. The largest absolute Gasteiger partial charge is 0.497 e. The zero-order chi connectivity index (χ0) is 27.2. The number of aliphatic hydroxyl groups is 1. The highest BCUT2D eigenvalue weighted by molar-refractivity contribution is 7.15. The molecule has 0 radical (unpaired) electrons.